The Morgan fingerprint density at radius 2 is 1.95 bits per heavy atom. The van der Waals surface area contributed by atoms with Gasteiger partial charge in [0.25, 0.3) is 0 Å². The van der Waals surface area contributed by atoms with Crippen molar-refractivity contribution in [2.75, 3.05) is 6.26 Å². The first-order chi connectivity index (χ1) is 10.5. The van der Waals surface area contributed by atoms with E-state index in [2.05, 4.69) is 5.32 Å². The second-order valence-electron chi connectivity index (χ2n) is 5.04. The summed E-state index contributed by atoms with van der Waals surface area (Å²) in [6, 6.07) is 13.9. The van der Waals surface area contributed by atoms with Crippen LogP contribution in [0.25, 0.3) is 0 Å². The van der Waals surface area contributed by atoms with Gasteiger partial charge in [-0.1, -0.05) is 18.2 Å². The Labute approximate surface area is 132 Å². The molecule has 3 nitrogen and oxygen atoms in total. The third-order valence-corrected chi connectivity index (χ3v) is 4.43. The van der Waals surface area contributed by atoms with E-state index < -0.39 is 10.8 Å². The van der Waals surface area contributed by atoms with Crippen LogP contribution in [0, 0.1) is 17.1 Å². The molecule has 2 atom stereocenters. The number of nitriles is 1. The Balaban J connectivity index is 2.02. The van der Waals surface area contributed by atoms with Crippen molar-refractivity contribution in [3.05, 3.63) is 65.0 Å². The highest BCUT2D eigenvalue weighted by Crippen LogP contribution is 2.16. The lowest BCUT2D eigenvalue weighted by molar-refractivity contribution is 0.544. The SMILES string of the molecule is CC(NCc1ccc(C#N)cc1F)c1ccc(S(C)=O)cc1. The Morgan fingerprint density at radius 3 is 2.50 bits per heavy atom. The third-order valence-electron chi connectivity index (χ3n) is 3.49. The molecule has 0 bridgehead atoms. The zero-order chi connectivity index (χ0) is 16.1. The molecule has 2 unspecified atom stereocenters. The molecule has 0 radical (unpaired) electrons. The fourth-order valence-electron chi connectivity index (χ4n) is 2.09. The quantitative estimate of drug-likeness (QED) is 0.921. The summed E-state index contributed by atoms with van der Waals surface area (Å²) in [6.07, 6.45) is 1.64. The standard InChI is InChI=1S/C17H17FN2OS/c1-12(14-5-7-16(8-6-14)22(2)21)20-11-15-4-3-13(10-19)9-17(15)18/h3-9,12,20H,11H2,1-2H3. The molecule has 2 aromatic rings. The van der Waals surface area contributed by atoms with Crippen LogP contribution >= 0.6 is 0 Å². The van der Waals surface area contributed by atoms with Gasteiger partial charge in [0, 0.05) is 40.1 Å². The van der Waals surface area contributed by atoms with Crippen LogP contribution in [0.3, 0.4) is 0 Å². The van der Waals surface area contributed by atoms with E-state index in [1.165, 1.54) is 6.07 Å². The summed E-state index contributed by atoms with van der Waals surface area (Å²) in [7, 11) is -0.987. The molecule has 0 fully saturated rings. The van der Waals surface area contributed by atoms with Gasteiger partial charge >= 0.3 is 0 Å². The van der Waals surface area contributed by atoms with Crippen LogP contribution < -0.4 is 5.32 Å². The summed E-state index contributed by atoms with van der Waals surface area (Å²) in [4.78, 5) is 0.786. The molecular formula is C17H17FN2OS. The number of halogens is 1. The summed E-state index contributed by atoms with van der Waals surface area (Å²) in [5.41, 5.74) is 1.89. The molecule has 2 aromatic carbocycles. The average Bonchev–Trinajstić information content (AvgIpc) is 2.53. The van der Waals surface area contributed by atoms with Crippen molar-refractivity contribution in [1.82, 2.24) is 5.32 Å². The summed E-state index contributed by atoms with van der Waals surface area (Å²) in [5.74, 6) is -0.379. The van der Waals surface area contributed by atoms with Gasteiger partial charge in [0.1, 0.15) is 5.82 Å². The Bertz CT molecular complexity index is 722. The van der Waals surface area contributed by atoms with Crippen molar-refractivity contribution in [2.24, 2.45) is 0 Å². The lowest BCUT2D eigenvalue weighted by Crippen LogP contribution is -2.18. The smallest absolute Gasteiger partial charge is 0.129 e. The van der Waals surface area contributed by atoms with Crippen molar-refractivity contribution in [3.8, 4) is 6.07 Å². The van der Waals surface area contributed by atoms with Gasteiger partial charge in [-0.05, 0) is 36.8 Å². The van der Waals surface area contributed by atoms with Gasteiger partial charge in [-0.15, -0.1) is 0 Å². The van der Waals surface area contributed by atoms with Gasteiger partial charge in [0.2, 0.25) is 0 Å². The molecule has 0 spiro atoms. The molecule has 1 N–H and O–H groups in total. The average molecular weight is 316 g/mol. The van der Waals surface area contributed by atoms with Crippen LogP contribution in [0.15, 0.2) is 47.4 Å². The molecule has 0 saturated carbocycles. The predicted molar refractivity (Wildman–Crippen MR) is 85.1 cm³/mol. The normalized spacial score (nSPS) is 13.4. The maximum absolute atomic E-state index is 13.8. The van der Waals surface area contributed by atoms with Gasteiger partial charge in [-0.25, -0.2) is 4.39 Å². The molecular weight excluding hydrogens is 299 g/mol. The topological polar surface area (TPSA) is 52.9 Å². The van der Waals surface area contributed by atoms with Crippen LogP contribution in [0.1, 0.15) is 29.7 Å². The van der Waals surface area contributed by atoms with Gasteiger partial charge in [0.15, 0.2) is 0 Å². The van der Waals surface area contributed by atoms with Crippen molar-refractivity contribution in [1.29, 1.82) is 5.26 Å². The fraction of sp³-hybridized carbons (Fsp3) is 0.235. The minimum atomic E-state index is -0.987. The lowest BCUT2D eigenvalue weighted by Gasteiger charge is -2.15. The molecule has 0 saturated heterocycles. The van der Waals surface area contributed by atoms with E-state index in [1.54, 1.807) is 18.4 Å². The second-order valence-corrected chi connectivity index (χ2v) is 6.42. The number of rotatable bonds is 5. The second kappa shape index (κ2) is 7.30. The van der Waals surface area contributed by atoms with E-state index in [1.807, 2.05) is 37.3 Å². The number of hydrogen-bond acceptors (Lipinski definition) is 3. The van der Waals surface area contributed by atoms with Gasteiger partial charge in [0.05, 0.1) is 11.6 Å². The Kier molecular flexibility index (Phi) is 5.42. The van der Waals surface area contributed by atoms with Crippen LogP contribution in [-0.2, 0) is 17.3 Å². The molecule has 0 heterocycles. The maximum atomic E-state index is 13.8. The zero-order valence-corrected chi connectivity index (χ0v) is 13.3. The molecule has 114 valence electrons. The number of benzene rings is 2. The summed E-state index contributed by atoms with van der Waals surface area (Å²) >= 11 is 0. The molecule has 0 amide bonds. The van der Waals surface area contributed by atoms with Gasteiger partial charge in [-0.2, -0.15) is 5.26 Å². The third kappa shape index (κ3) is 4.00. The predicted octanol–water partition coefficient (Wildman–Crippen LogP) is 3.29. The lowest BCUT2D eigenvalue weighted by atomic mass is 10.1. The van der Waals surface area contributed by atoms with Crippen LogP contribution in [0.5, 0.6) is 0 Å². The minimum absolute atomic E-state index is 0.0365. The molecule has 0 aromatic heterocycles. The molecule has 22 heavy (non-hydrogen) atoms. The number of nitrogens with one attached hydrogen (secondary N) is 1. The Hall–Kier alpha value is -2.03. The monoisotopic (exact) mass is 316 g/mol. The number of hydrogen-bond donors (Lipinski definition) is 1. The first-order valence-electron chi connectivity index (χ1n) is 6.86. The molecule has 5 heteroatoms. The maximum Gasteiger partial charge on any atom is 0.129 e. The first-order valence-corrected chi connectivity index (χ1v) is 8.42. The van der Waals surface area contributed by atoms with E-state index in [9.17, 15) is 8.60 Å². The largest absolute Gasteiger partial charge is 0.306 e. The van der Waals surface area contributed by atoms with Crippen molar-refractivity contribution in [3.63, 3.8) is 0 Å². The summed E-state index contributed by atoms with van der Waals surface area (Å²) in [5, 5.41) is 12.0. The van der Waals surface area contributed by atoms with E-state index in [0.717, 1.165) is 10.5 Å². The van der Waals surface area contributed by atoms with E-state index in [-0.39, 0.29) is 11.9 Å². The van der Waals surface area contributed by atoms with E-state index in [0.29, 0.717) is 17.7 Å². The molecule has 0 aliphatic carbocycles. The van der Waals surface area contributed by atoms with Crippen LogP contribution in [0.2, 0.25) is 0 Å². The fourth-order valence-corrected chi connectivity index (χ4v) is 2.61. The van der Waals surface area contributed by atoms with Crippen LogP contribution in [-0.4, -0.2) is 10.5 Å². The van der Waals surface area contributed by atoms with Gasteiger partial charge < -0.3 is 5.32 Å². The summed E-state index contributed by atoms with van der Waals surface area (Å²) < 4.78 is 25.2. The Morgan fingerprint density at radius 1 is 1.27 bits per heavy atom. The van der Waals surface area contributed by atoms with Crippen molar-refractivity contribution in [2.45, 2.75) is 24.4 Å². The molecule has 0 aliphatic heterocycles. The van der Waals surface area contributed by atoms with Gasteiger partial charge in [-0.3, -0.25) is 4.21 Å². The van der Waals surface area contributed by atoms with E-state index >= 15 is 0 Å². The highest BCUT2D eigenvalue weighted by Gasteiger charge is 2.08. The highest BCUT2D eigenvalue weighted by molar-refractivity contribution is 7.84. The number of nitrogens with zero attached hydrogens (tertiary/aromatic N) is 1. The molecule has 2 rings (SSSR count). The first kappa shape index (κ1) is 16.3. The van der Waals surface area contributed by atoms with Crippen LogP contribution in [0.4, 0.5) is 4.39 Å². The van der Waals surface area contributed by atoms with Crippen molar-refractivity contribution >= 4 is 10.8 Å². The molecule has 0 aliphatic rings. The highest BCUT2D eigenvalue weighted by atomic mass is 32.2. The zero-order valence-electron chi connectivity index (χ0n) is 12.5. The minimum Gasteiger partial charge on any atom is -0.306 e. The summed E-state index contributed by atoms with van der Waals surface area (Å²) in [6.45, 7) is 2.36. The van der Waals surface area contributed by atoms with E-state index in [4.69, 9.17) is 5.26 Å². The van der Waals surface area contributed by atoms with Crippen molar-refractivity contribution < 1.29 is 8.60 Å².